The topological polar surface area (TPSA) is 66.4 Å². The Bertz CT molecular complexity index is 539. The Hall–Kier alpha value is -1.98. The molecule has 0 atom stereocenters. The molecule has 108 valence electrons. The third-order valence-electron chi connectivity index (χ3n) is 3.78. The molecular formula is C14H15F2NO3. The molecule has 1 aromatic carbocycles. The summed E-state index contributed by atoms with van der Waals surface area (Å²) in [5.74, 6) is -3.66. The highest BCUT2D eigenvalue weighted by molar-refractivity contribution is 5.94. The van der Waals surface area contributed by atoms with Crippen molar-refractivity contribution < 1.29 is 23.5 Å². The Morgan fingerprint density at radius 2 is 1.85 bits per heavy atom. The first-order valence-electron chi connectivity index (χ1n) is 6.41. The lowest BCUT2D eigenvalue weighted by Gasteiger charge is -2.23. The van der Waals surface area contributed by atoms with E-state index in [1.165, 1.54) is 0 Å². The maximum absolute atomic E-state index is 13.0. The Morgan fingerprint density at radius 1 is 1.20 bits per heavy atom. The molecule has 1 fully saturated rings. The van der Waals surface area contributed by atoms with Crippen LogP contribution in [0.15, 0.2) is 18.2 Å². The first kappa shape index (κ1) is 14.4. The number of benzene rings is 1. The van der Waals surface area contributed by atoms with Crippen molar-refractivity contribution in [3.63, 3.8) is 0 Å². The molecule has 1 saturated carbocycles. The number of halogens is 2. The molecule has 1 aromatic rings. The molecule has 2 rings (SSSR count). The normalized spacial score (nSPS) is 16.9. The van der Waals surface area contributed by atoms with Crippen LogP contribution >= 0.6 is 0 Å². The highest BCUT2D eigenvalue weighted by Gasteiger charge is 2.41. The minimum Gasteiger partial charge on any atom is -0.481 e. The molecule has 0 aliphatic heterocycles. The van der Waals surface area contributed by atoms with E-state index in [0.29, 0.717) is 12.8 Å². The number of carboxylic acid groups (broad SMARTS) is 1. The van der Waals surface area contributed by atoms with Crippen LogP contribution in [0.1, 0.15) is 36.0 Å². The Morgan fingerprint density at radius 3 is 2.40 bits per heavy atom. The summed E-state index contributed by atoms with van der Waals surface area (Å²) in [5.41, 5.74) is -0.962. The number of hydrogen-bond acceptors (Lipinski definition) is 2. The van der Waals surface area contributed by atoms with Crippen LogP contribution in [-0.2, 0) is 4.79 Å². The Balaban J connectivity index is 2.04. The van der Waals surface area contributed by atoms with Crippen LogP contribution in [0.3, 0.4) is 0 Å². The monoisotopic (exact) mass is 283 g/mol. The maximum Gasteiger partial charge on any atom is 0.311 e. The Kier molecular flexibility index (Phi) is 4.01. The lowest BCUT2D eigenvalue weighted by atomic mass is 9.86. The summed E-state index contributed by atoms with van der Waals surface area (Å²) < 4.78 is 25.8. The maximum atomic E-state index is 13.0. The van der Waals surface area contributed by atoms with E-state index in [4.69, 9.17) is 0 Å². The molecule has 1 amide bonds. The number of nitrogens with one attached hydrogen (secondary N) is 1. The molecule has 2 N–H and O–H groups in total. The smallest absolute Gasteiger partial charge is 0.311 e. The summed E-state index contributed by atoms with van der Waals surface area (Å²) in [6.07, 6.45) is 2.65. The summed E-state index contributed by atoms with van der Waals surface area (Å²) >= 11 is 0. The van der Waals surface area contributed by atoms with Gasteiger partial charge in [0.1, 0.15) is 0 Å². The second-order valence-electron chi connectivity index (χ2n) is 5.10. The van der Waals surface area contributed by atoms with Crippen molar-refractivity contribution >= 4 is 11.9 Å². The summed E-state index contributed by atoms with van der Waals surface area (Å²) in [6, 6.07) is 2.83. The summed E-state index contributed by atoms with van der Waals surface area (Å²) in [7, 11) is 0. The fourth-order valence-corrected chi connectivity index (χ4v) is 2.51. The average Bonchev–Trinajstić information content (AvgIpc) is 2.89. The number of amides is 1. The van der Waals surface area contributed by atoms with E-state index in [2.05, 4.69) is 5.32 Å². The van der Waals surface area contributed by atoms with Crippen molar-refractivity contribution in [3.05, 3.63) is 35.4 Å². The fourth-order valence-electron chi connectivity index (χ4n) is 2.51. The predicted molar refractivity (Wildman–Crippen MR) is 67.2 cm³/mol. The van der Waals surface area contributed by atoms with Gasteiger partial charge in [-0.2, -0.15) is 0 Å². The van der Waals surface area contributed by atoms with Crippen LogP contribution in [0.25, 0.3) is 0 Å². The van der Waals surface area contributed by atoms with Crippen molar-refractivity contribution in [2.45, 2.75) is 25.7 Å². The largest absolute Gasteiger partial charge is 0.481 e. The zero-order valence-electron chi connectivity index (χ0n) is 10.8. The van der Waals surface area contributed by atoms with E-state index in [9.17, 15) is 23.5 Å². The van der Waals surface area contributed by atoms with Crippen LogP contribution in [0, 0.1) is 17.0 Å². The number of carbonyl (C=O) groups excluding carboxylic acids is 1. The van der Waals surface area contributed by atoms with Gasteiger partial charge in [0, 0.05) is 12.1 Å². The molecule has 0 aromatic heterocycles. The van der Waals surface area contributed by atoms with E-state index in [1.807, 2.05) is 0 Å². The minimum absolute atomic E-state index is 0.000161. The van der Waals surface area contributed by atoms with Gasteiger partial charge in [0.25, 0.3) is 5.91 Å². The van der Waals surface area contributed by atoms with Gasteiger partial charge in [-0.25, -0.2) is 8.78 Å². The molecular weight excluding hydrogens is 268 g/mol. The number of aliphatic carboxylic acids is 1. The SMILES string of the molecule is O=C(NCC1(C(=O)O)CCCC1)c1ccc(F)c(F)c1. The molecule has 0 heterocycles. The van der Waals surface area contributed by atoms with Gasteiger partial charge in [0.15, 0.2) is 11.6 Å². The van der Waals surface area contributed by atoms with Crippen molar-refractivity contribution in [2.75, 3.05) is 6.54 Å². The zero-order chi connectivity index (χ0) is 14.8. The second-order valence-corrected chi connectivity index (χ2v) is 5.10. The number of hydrogen-bond donors (Lipinski definition) is 2. The highest BCUT2D eigenvalue weighted by Crippen LogP contribution is 2.37. The van der Waals surface area contributed by atoms with Gasteiger partial charge in [-0.15, -0.1) is 0 Å². The Labute approximate surface area is 114 Å². The average molecular weight is 283 g/mol. The summed E-state index contributed by atoms with van der Waals surface area (Å²) in [4.78, 5) is 23.1. The van der Waals surface area contributed by atoms with E-state index in [1.54, 1.807) is 0 Å². The van der Waals surface area contributed by atoms with Crippen LogP contribution in [0.4, 0.5) is 8.78 Å². The van der Waals surface area contributed by atoms with Crippen LogP contribution in [-0.4, -0.2) is 23.5 Å². The van der Waals surface area contributed by atoms with Gasteiger partial charge in [-0.05, 0) is 31.0 Å². The third kappa shape index (κ3) is 2.79. The van der Waals surface area contributed by atoms with Crippen LogP contribution in [0.5, 0.6) is 0 Å². The van der Waals surface area contributed by atoms with Crippen molar-refractivity contribution in [3.8, 4) is 0 Å². The lowest BCUT2D eigenvalue weighted by molar-refractivity contribution is -0.148. The van der Waals surface area contributed by atoms with Crippen molar-refractivity contribution in [2.24, 2.45) is 5.41 Å². The van der Waals surface area contributed by atoms with Gasteiger partial charge in [0.2, 0.25) is 0 Å². The highest BCUT2D eigenvalue weighted by atomic mass is 19.2. The van der Waals surface area contributed by atoms with Gasteiger partial charge >= 0.3 is 5.97 Å². The van der Waals surface area contributed by atoms with E-state index < -0.39 is 28.9 Å². The number of carboxylic acids is 1. The first-order chi connectivity index (χ1) is 9.44. The standard InChI is InChI=1S/C14H15F2NO3/c15-10-4-3-9(7-11(10)16)12(18)17-8-14(13(19)20)5-1-2-6-14/h3-4,7H,1-2,5-6,8H2,(H,17,18)(H,19,20). The summed E-state index contributed by atoms with van der Waals surface area (Å²) in [5, 5.41) is 11.8. The van der Waals surface area contributed by atoms with Gasteiger partial charge in [-0.1, -0.05) is 12.8 Å². The predicted octanol–water partition coefficient (Wildman–Crippen LogP) is 2.34. The van der Waals surface area contributed by atoms with E-state index >= 15 is 0 Å². The second kappa shape index (κ2) is 5.56. The van der Waals surface area contributed by atoms with Crippen molar-refractivity contribution in [1.82, 2.24) is 5.32 Å². The molecule has 0 saturated heterocycles. The first-order valence-corrected chi connectivity index (χ1v) is 6.41. The van der Waals surface area contributed by atoms with E-state index in [0.717, 1.165) is 31.0 Å². The molecule has 6 heteroatoms. The minimum atomic E-state index is -1.11. The quantitative estimate of drug-likeness (QED) is 0.891. The van der Waals surface area contributed by atoms with Crippen molar-refractivity contribution in [1.29, 1.82) is 0 Å². The van der Waals surface area contributed by atoms with Crippen LogP contribution in [0.2, 0.25) is 0 Å². The van der Waals surface area contributed by atoms with Gasteiger partial charge < -0.3 is 10.4 Å². The molecule has 0 radical (unpaired) electrons. The zero-order valence-corrected chi connectivity index (χ0v) is 10.8. The third-order valence-corrected chi connectivity index (χ3v) is 3.78. The molecule has 20 heavy (non-hydrogen) atoms. The number of rotatable bonds is 4. The van der Waals surface area contributed by atoms with Gasteiger partial charge in [0.05, 0.1) is 5.41 Å². The molecule has 1 aliphatic rings. The fraction of sp³-hybridized carbons (Fsp3) is 0.429. The molecule has 4 nitrogen and oxygen atoms in total. The molecule has 1 aliphatic carbocycles. The molecule has 0 spiro atoms. The molecule has 0 unspecified atom stereocenters. The van der Waals surface area contributed by atoms with E-state index in [-0.39, 0.29) is 12.1 Å². The molecule has 0 bridgehead atoms. The van der Waals surface area contributed by atoms with Gasteiger partial charge in [-0.3, -0.25) is 9.59 Å². The van der Waals surface area contributed by atoms with Crippen LogP contribution < -0.4 is 5.32 Å². The number of carbonyl (C=O) groups is 2. The summed E-state index contributed by atoms with van der Waals surface area (Å²) in [6.45, 7) is 0.000161. The lowest BCUT2D eigenvalue weighted by Crippen LogP contribution is -2.41.